The smallest absolute Gasteiger partial charge is 0.237 e. The molecule has 2 aliphatic rings. The summed E-state index contributed by atoms with van der Waals surface area (Å²) in [5, 5.41) is 7.21. The Bertz CT molecular complexity index is 654. The molecule has 2 heterocycles. The number of fused-ring (bicyclic) bond motifs is 2. The summed E-state index contributed by atoms with van der Waals surface area (Å²) in [4.78, 5) is 14.0. The minimum absolute atomic E-state index is 0.0230. The zero-order chi connectivity index (χ0) is 15.1. The quantitative estimate of drug-likeness (QED) is 0.805. The molecule has 21 heavy (non-hydrogen) atoms. The van der Waals surface area contributed by atoms with Crippen LogP contribution in [0.2, 0.25) is 0 Å². The molecule has 0 saturated carbocycles. The molecule has 116 valence electrons. The van der Waals surface area contributed by atoms with Crippen molar-refractivity contribution in [1.82, 2.24) is 19.8 Å². The lowest BCUT2D eigenvalue weighted by Crippen LogP contribution is -2.50. The first-order valence-electron chi connectivity index (χ1n) is 7.15. The Kier molecular flexibility index (Phi) is 3.53. The molecule has 8 heteroatoms. The molecular weight excluding hydrogens is 292 g/mol. The van der Waals surface area contributed by atoms with Gasteiger partial charge in [0.25, 0.3) is 0 Å². The molecule has 1 amide bonds. The van der Waals surface area contributed by atoms with Crippen molar-refractivity contribution in [3.05, 3.63) is 17.5 Å². The summed E-state index contributed by atoms with van der Waals surface area (Å²) in [6, 6.07) is 0. The number of nitrogens with one attached hydrogen (secondary N) is 2. The second kappa shape index (κ2) is 5.10. The van der Waals surface area contributed by atoms with Crippen LogP contribution in [0, 0.1) is 0 Å². The Labute approximate surface area is 124 Å². The fourth-order valence-corrected chi connectivity index (χ4v) is 3.90. The van der Waals surface area contributed by atoms with E-state index < -0.39 is 10.0 Å². The minimum Gasteiger partial charge on any atom is -0.341 e. The van der Waals surface area contributed by atoms with Gasteiger partial charge in [0, 0.05) is 24.2 Å². The van der Waals surface area contributed by atoms with Crippen molar-refractivity contribution in [1.29, 1.82) is 0 Å². The molecule has 1 aliphatic heterocycles. The third kappa shape index (κ3) is 2.82. The molecule has 1 aromatic heterocycles. The highest BCUT2D eigenvalue weighted by Crippen LogP contribution is 2.43. The van der Waals surface area contributed by atoms with Crippen LogP contribution < -0.4 is 4.72 Å². The third-order valence-electron chi connectivity index (χ3n) is 4.54. The van der Waals surface area contributed by atoms with Crippen LogP contribution in [0.5, 0.6) is 0 Å². The van der Waals surface area contributed by atoms with E-state index in [0.717, 1.165) is 37.6 Å². The first-order chi connectivity index (χ1) is 9.90. The van der Waals surface area contributed by atoms with Crippen LogP contribution >= 0.6 is 0 Å². The van der Waals surface area contributed by atoms with E-state index in [9.17, 15) is 13.2 Å². The van der Waals surface area contributed by atoms with E-state index in [4.69, 9.17) is 0 Å². The number of amides is 1. The van der Waals surface area contributed by atoms with E-state index in [0.29, 0.717) is 13.1 Å². The highest BCUT2D eigenvalue weighted by Gasteiger charge is 2.44. The van der Waals surface area contributed by atoms with Gasteiger partial charge in [0.2, 0.25) is 15.9 Å². The van der Waals surface area contributed by atoms with Gasteiger partial charge < -0.3 is 4.90 Å². The number of sulfonamides is 1. The predicted molar refractivity (Wildman–Crippen MR) is 77.2 cm³/mol. The van der Waals surface area contributed by atoms with Crippen molar-refractivity contribution in [3.63, 3.8) is 0 Å². The zero-order valence-electron chi connectivity index (χ0n) is 12.1. The molecule has 0 aromatic carbocycles. The molecule has 0 radical (unpaired) electrons. The average Bonchev–Trinajstić information content (AvgIpc) is 3.01. The van der Waals surface area contributed by atoms with E-state index in [1.807, 2.05) is 6.20 Å². The van der Waals surface area contributed by atoms with Crippen LogP contribution in [0.1, 0.15) is 30.5 Å². The summed E-state index contributed by atoms with van der Waals surface area (Å²) in [6.45, 7) is 1.17. The molecule has 1 atom stereocenters. The van der Waals surface area contributed by atoms with Crippen LogP contribution in [0.15, 0.2) is 6.20 Å². The van der Waals surface area contributed by atoms with Gasteiger partial charge in [-0.1, -0.05) is 0 Å². The van der Waals surface area contributed by atoms with Crippen molar-refractivity contribution < 1.29 is 13.2 Å². The predicted octanol–water partition coefficient (Wildman–Crippen LogP) is -0.235. The van der Waals surface area contributed by atoms with Crippen molar-refractivity contribution in [2.45, 2.75) is 31.1 Å². The number of nitrogens with zero attached hydrogens (tertiary/aromatic N) is 2. The maximum absolute atomic E-state index is 12.2. The monoisotopic (exact) mass is 312 g/mol. The van der Waals surface area contributed by atoms with Crippen molar-refractivity contribution in [3.8, 4) is 0 Å². The van der Waals surface area contributed by atoms with Crippen LogP contribution in [0.4, 0.5) is 0 Å². The number of piperidine rings is 1. The molecular formula is C13H20N4O3S. The molecule has 1 spiro atoms. The largest absolute Gasteiger partial charge is 0.341 e. The first kappa shape index (κ1) is 14.5. The average molecular weight is 312 g/mol. The second-order valence-electron chi connectivity index (χ2n) is 6.06. The fraction of sp³-hybridized carbons (Fsp3) is 0.692. The van der Waals surface area contributed by atoms with Gasteiger partial charge in [0.1, 0.15) is 0 Å². The van der Waals surface area contributed by atoms with Crippen LogP contribution in [0.3, 0.4) is 0 Å². The molecule has 0 bridgehead atoms. The number of carbonyl (C=O) groups excluding carboxylic acids is 1. The second-order valence-corrected chi connectivity index (χ2v) is 7.90. The molecule has 1 aromatic rings. The summed E-state index contributed by atoms with van der Waals surface area (Å²) < 4.78 is 24.5. The molecule has 2 N–H and O–H groups in total. The lowest BCUT2D eigenvalue weighted by atomic mass is 9.77. The van der Waals surface area contributed by atoms with Gasteiger partial charge in [-0.2, -0.15) is 5.10 Å². The summed E-state index contributed by atoms with van der Waals surface area (Å²) in [7, 11) is -3.34. The molecule has 1 fully saturated rings. The van der Waals surface area contributed by atoms with Crippen molar-refractivity contribution in [2.75, 3.05) is 25.9 Å². The van der Waals surface area contributed by atoms with Gasteiger partial charge >= 0.3 is 0 Å². The number of rotatable bonds is 3. The Morgan fingerprint density at radius 1 is 1.52 bits per heavy atom. The molecule has 7 nitrogen and oxygen atoms in total. The van der Waals surface area contributed by atoms with Crippen molar-refractivity contribution in [2.24, 2.45) is 0 Å². The van der Waals surface area contributed by atoms with Gasteiger partial charge in [-0.3, -0.25) is 9.89 Å². The van der Waals surface area contributed by atoms with Gasteiger partial charge in [-0.25, -0.2) is 13.1 Å². The summed E-state index contributed by atoms with van der Waals surface area (Å²) >= 11 is 0. The number of aromatic nitrogens is 2. The van der Waals surface area contributed by atoms with E-state index in [2.05, 4.69) is 14.9 Å². The minimum atomic E-state index is -3.34. The lowest BCUT2D eigenvalue weighted by Gasteiger charge is -2.40. The van der Waals surface area contributed by atoms with E-state index in [-0.39, 0.29) is 17.9 Å². The number of hydrogen-bond acceptors (Lipinski definition) is 4. The fourth-order valence-electron chi connectivity index (χ4n) is 3.52. The maximum atomic E-state index is 12.2. The maximum Gasteiger partial charge on any atom is 0.237 e. The van der Waals surface area contributed by atoms with Crippen molar-refractivity contribution >= 4 is 15.9 Å². The normalized spacial score (nSPS) is 25.3. The van der Waals surface area contributed by atoms with Gasteiger partial charge in [0.15, 0.2) is 0 Å². The Morgan fingerprint density at radius 3 is 3.10 bits per heavy atom. The lowest BCUT2D eigenvalue weighted by molar-refractivity contribution is -0.132. The number of H-pyrrole nitrogens is 1. The Morgan fingerprint density at radius 2 is 2.33 bits per heavy atom. The first-order valence-corrected chi connectivity index (χ1v) is 9.04. The van der Waals surface area contributed by atoms with E-state index in [1.165, 1.54) is 5.56 Å². The van der Waals surface area contributed by atoms with Crippen LogP contribution in [-0.4, -0.2) is 55.3 Å². The van der Waals surface area contributed by atoms with Gasteiger partial charge in [-0.05, 0) is 31.2 Å². The molecule has 1 saturated heterocycles. The van der Waals surface area contributed by atoms with E-state index >= 15 is 0 Å². The van der Waals surface area contributed by atoms with Gasteiger partial charge in [-0.15, -0.1) is 0 Å². The Hall–Kier alpha value is -1.41. The standard InChI is InChI=1S/C13H20N4O3S/c1-21(19,20)15-8-11(18)17-6-2-4-13(9-17)5-3-10-7-14-16-12(10)13/h7,15H,2-6,8-9H2,1H3,(H,14,16). The zero-order valence-corrected chi connectivity index (χ0v) is 12.9. The van der Waals surface area contributed by atoms with Gasteiger partial charge in [0.05, 0.1) is 19.0 Å². The molecule has 1 aliphatic carbocycles. The number of likely N-dealkylation sites (tertiary alicyclic amines) is 1. The molecule has 3 rings (SSSR count). The number of aryl methyl sites for hydroxylation is 1. The number of aromatic amines is 1. The number of carbonyl (C=O) groups is 1. The highest BCUT2D eigenvalue weighted by atomic mass is 32.2. The SMILES string of the molecule is CS(=O)(=O)NCC(=O)N1CCCC2(CCc3cn[nH]c32)C1. The topological polar surface area (TPSA) is 95.2 Å². The molecule has 1 unspecified atom stereocenters. The Balaban J connectivity index is 1.71. The highest BCUT2D eigenvalue weighted by molar-refractivity contribution is 7.88. The number of hydrogen-bond donors (Lipinski definition) is 2. The summed E-state index contributed by atoms with van der Waals surface area (Å²) in [5.74, 6) is -0.160. The summed E-state index contributed by atoms with van der Waals surface area (Å²) in [6.07, 6.45) is 6.94. The van der Waals surface area contributed by atoms with Crippen LogP contribution in [0.25, 0.3) is 0 Å². The van der Waals surface area contributed by atoms with E-state index in [1.54, 1.807) is 4.90 Å². The third-order valence-corrected chi connectivity index (χ3v) is 5.20. The van der Waals surface area contributed by atoms with Crippen LogP contribution in [-0.2, 0) is 26.7 Å². The summed E-state index contributed by atoms with van der Waals surface area (Å²) in [5.41, 5.74) is 2.39.